The van der Waals surface area contributed by atoms with Gasteiger partial charge in [-0.3, -0.25) is 14.9 Å². The molecule has 5 nitrogen and oxygen atoms in total. The average molecular weight is 246 g/mol. The highest BCUT2D eigenvalue weighted by atomic mass is 16.5. The molecule has 5 heteroatoms. The van der Waals surface area contributed by atoms with Crippen molar-refractivity contribution in [1.29, 1.82) is 0 Å². The van der Waals surface area contributed by atoms with Crippen LogP contribution in [0.1, 0.15) is 12.0 Å². The van der Waals surface area contributed by atoms with Gasteiger partial charge in [-0.1, -0.05) is 18.2 Å². The van der Waals surface area contributed by atoms with Crippen LogP contribution in [0.3, 0.4) is 0 Å². The molecule has 1 fully saturated rings. The van der Waals surface area contributed by atoms with Crippen molar-refractivity contribution in [2.45, 2.75) is 12.0 Å². The first-order chi connectivity index (χ1) is 8.67. The summed E-state index contributed by atoms with van der Waals surface area (Å²) in [5.41, 5.74) is 0.969. The standard InChI is InChI=1S/C13H14N2O3/c1-18-11(16)8-6-13(14-7-8)9-4-2-3-5-10(9)15-12(13)17/h2-5,8,14H,6-7H2,1H3,(H,15,17)/t8-,13-/m0/s1. The molecule has 3 rings (SSSR count). The van der Waals surface area contributed by atoms with Gasteiger partial charge in [0.05, 0.1) is 13.0 Å². The van der Waals surface area contributed by atoms with E-state index < -0.39 is 5.54 Å². The molecule has 2 aliphatic rings. The molecule has 1 saturated heterocycles. The molecule has 1 spiro atoms. The summed E-state index contributed by atoms with van der Waals surface area (Å²) in [7, 11) is 1.37. The largest absolute Gasteiger partial charge is 0.469 e. The summed E-state index contributed by atoms with van der Waals surface area (Å²) in [4.78, 5) is 23.8. The molecule has 0 aliphatic carbocycles. The van der Waals surface area contributed by atoms with E-state index in [2.05, 4.69) is 10.6 Å². The number of ether oxygens (including phenoxy) is 1. The van der Waals surface area contributed by atoms with Gasteiger partial charge in [0.2, 0.25) is 5.91 Å². The van der Waals surface area contributed by atoms with Crippen molar-refractivity contribution >= 4 is 17.6 Å². The second-order valence-electron chi connectivity index (χ2n) is 4.71. The Labute approximate surface area is 105 Å². The lowest BCUT2D eigenvalue weighted by Gasteiger charge is -2.21. The summed E-state index contributed by atoms with van der Waals surface area (Å²) < 4.78 is 4.75. The first-order valence-electron chi connectivity index (χ1n) is 5.91. The third-order valence-corrected chi connectivity index (χ3v) is 3.76. The third-order valence-electron chi connectivity index (χ3n) is 3.76. The molecule has 0 saturated carbocycles. The van der Waals surface area contributed by atoms with Crippen molar-refractivity contribution in [2.75, 3.05) is 19.0 Å². The van der Waals surface area contributed by atoms with Gasteiger partial charge in [0.25, 0.3) is 0 Å². The van der Waals surface area contributed by atoms with E-state index in [1.54, 1.807) is 0 Å². The molecule has 0 unspecified atom stereocenters. The quantitative estimate of drug-likeness (QED) is 0.713. The first-order valence-corrected chi connectivity index (χ1v) is 5.91. The second kappa shape index (κ2) is 3.81. The highest BCUT2D eigenvalue weighted by Gasteiger charge is 2.53. The fourth-order valence-electron chi connectivity index (χ4n) is 2.84. The Morgan fingerprint density at radius 1 is 1.44 bits per heavy atom. The van der Waals surface area contributed by atoms with Gasteiger partial charge < -0.3 is 10.1 Å². The maximum absolute atomic E-state index is 12.2. The molecule has 1 amide bonds. The van der Waals surface area contributed by atoms with Crippen LogP contribution in [0.25, 0.3) is 0 Å². The Morgan fingerprint density at radius 3 is 3.00 bits per heavy atom. The van der Waals surface area contributed by atoms with Crippen molar-refractivity contribution in [3.05, 3.63) is 29.8 Å². The maximum atomic E-state index is 12.2. The summed E-state index contributed by atoms with van der Waals surface area (Å²) in [6, 6.07) is 7.56. The molecule has 94 valence electrons. The summed E-state index contributed by atoms with van der Waals surface area (Å²) >= 11 is 0. The zero-order valence-electron chi connectivity index (χ0n) is 10.0. The van der Waals surface area contributed by atoms with Crippen LogP contribution in [0.15, 0.2) is 24.3 Å². The van der Waals surface area contributed by atoms with Crippen LogP contribution in [0.5, 0.6) is 0 Å². The smallest absolute Gasteiger partial charge is 0.310 e. The van der Waals surface area contributed by atoms with E-state index in [4.69, 9.17) is 4.74 Å². The topological polar surface area (TPSA) is 67.4 Å². The van der Waals surface area contributed by atoms with E-state index in [9.17, 15) is 9.59 Å². The van der Waals surface area contributed by atoms with Crippen LogP contribution in [-0.2, 0) is 19.9 Å². The number of esters is 1. The number of benzene rings is 1. The van der Waals surface area contributed by atoms with Gasteiger partial charge in [0, 0.05) is 17.8 Å². The monoisotopic (exact) mass is 246 g/mol. The number of hydrogen-bond donors (Lipinski definition) is 2. The number of carbonyl (C=O) groups is 2. The SMILES string of the molecule is COC(=O)[C@@H]1CN[C@]2(C1)C(=O)Nc1ccccc12. The molecule has 0 bridgehead atoms. The Kier molecular flexibility index (Phi) is 2.38. The average Bonchev–Trinajstić information content (AvgIpc) is 2.94. The highest BCUT2D eigenvalue weighted by molar-refractivity contribution is 6.06. The van der Waals surface area contributed by atoms with Gasteiger partial charge >= 0.3 is 5.97 Å². The normalized spacial score (nSPS) is 29.2. The molecule has 1 aromatic rings. The van der Waals surface area contributed by atoms with Gasteiger partial charge in [0.15, 0.2) is 0 Å². The maximum Gasteiger partial charge on any atom is 0.310 e. The molecule has 18 heavy (non-hydrogen) atoms. The minimum Gasteiger partial charge on any atom is -0.469 e. The van der Waals surface area contributed by atoms with E-state index in [1.165, 1.54) is 7.11 Å². The van der Waals surface area contributed by atoms with Crippen molar-refractivity contribution in [1.82, 2.24) is 5.32 Å². The van der Waals surface area contributed by atoms with E-state index in [0.717, 1.165) is 11.3 Å². The minimum atomic E-state index is -0.768. The Bertz CT molecular complexity index is 529. The molecule has 2 N–H and O–H groups in total. The molecule has 1 aromatic carbocycles. The van der Waals surface area contributed by atoms with E-state index >= 15 is 0 Å². The van der Waals surface area contributed by atoms with E-state index in [-0.39, 0.29) is 17.8 Å². The van der Waals surface area contributed by atoms with Crippen molar-refractivity contribution < 1.29 is 14.3 Å². The lowest BCUT2D eigenvalue weighted by atomic mass is 9.87. The Morgan fingerprint density at radius 2 is 2.22 bits per heavy atom. The van der Waals surface area contributed by atoms with Gasteiger partial charge in [-0.25, -0.2) is 0 Å². The van der Waals surface area contributed by atoms with Crippen LogP contribution in [0.2, 0.25) is 0 Å². The number of amides is 1. The fraction of sp³-hybridized carbons (Fsp3) is 0.385. The lowest BCUT2D eigenvalue weighted by molar-refractivity contribution is -0.144. The van der Waals surface area contributed by atoms with Crippen LogP contribution in [-0.4, -0.2) is 25.5 Å². The van der Waals surface area contributed by atoms with Crippen LogP contribution < -0.4 is 10.6 Å². The fourth-order valence-corrected chi connectivity index (χ4v) is 2.84. The Balaban J connectivity index is 1.97. The van der Waals surface area contributed by atoms with Gasteiger partial charge in [-0.2, -0.15) is 0 Å². The third kappa shape index (κ3) is 1.37. The number of methoxy groups -OCH3 is 1. The van der Waals surface area contributed by atoms with Crippen LogP contribution in [0.4, 0.5) is 5.69 Å². The zero-order chi connectivity index (χ0) is 12.8. The summed E-state index contributed by atoms with van der Waals surface area (Å²) in [5.74, 6) is -0.626. The number of anilines is 1. The highest BCUT2D eigenvalue weighted by Crippen LogP contribution is 2.43. The predicted molar refractivity (Wildman–Crippen MR) is 64.9 cm³/mol. The van der Waals surface area contributed by atoms with Crippen LogP contribution in [0, 0.1) is 5.92 Å². The minimum absolute atomic E-state index is 0.0879. The second-order valence-corrected chi connectivity index (χ2v) is 4.71. The molecule has 2 aliphatic heterocycles. The van der Waals surface area contributed by atoms with Crippen molar-refractivity contribution in [3.8, 4) is 0 Å². The summed E-state index contributed by atoms with van der Waals surface area (Å²) in [6.07, 6.45) is 0.447. The van der Waals surface area contributed by atoms with Crippen molar-refractivity contribution in [3.63, 3.8) is 0 Å². The number of nitrogens with one attached hydrogen (secondary N) is 2. The molecule has 0 aromatic heterocycles. The lowest BCUT2D eigenvalue weighted by Crippen LogP contribution is -2.43. The summed E-state index contributed by atoms with van der Waals surface area (Å²) in [6.45, 7) is 0.467. The molecule has 2 atom stereocenters. The van der Waals surface area contributed by atoms with E-state index in [1.807, 2.05) is 24.3 Å². The number of rotatable bonds is 1. The molecule has 2 heterocycles. The van der Waals surface area contributed by atoms with Gasteiger partial charge in [0.1, 0.15) is 5.54 Å². The Hall–Kier alpha value is -1.88. The van der Waals surface area contributed by atoms with E-state index in [0.29, 0.717) is 13.0 Å². The zero-order valence-corrected chi connectivity index (χ0v) is 10.0. The number of hydrogen-bond acceptors (Lipinski definition) is 4. The molecular weight excluding hydrogens is 232 g/mol. The van der Waals surface area contributed by atoms with Gasteiger partial charge in [-0.15, -0.1) is 0 Å². The summed E-state index contributed by atoms with van der Waals surface area (Å²) in [5, 5.41) is 6.04. The number of carbonyl (C=O) groups excluding carboxylic acids is 2. The number of fused-ring (bicyclic) bond motifs is 2. The van der Waals surface area contributed by atoms with Crippen LogP contribution >= 0.6 is 0 Å². The predicted octanol–water partition coefficient (Wildman–Crippen LogP) is 0.616. The number of para-hydroxylation sites is 1. The van der Waals surface area contributed by atoms with Gasteiger partial charge in [-0.05, 0) is 12.5 Å². The first kappa shape index (κ1) is 11.2. The molecule has 0 radical (unpaired) electrons. The molecular formula is C13H14N2O3. The van der Waals surface area contributed by atoms with Crippen molar-refractivity contribution in [2.24, 2.45) is 5.92 Å².